The van der Waals surface area contributed by atoms with Crippen LogP contribution in [-0.2, 0) is 11.8 Å². The van der Waals surface area contributed by atoms with Gasteiger partial charge in [-0.1, -0.05) is 17.8 Å². The Bertz CT molecular complexity index is 868. The van der Waals surface area contributed by atoms with Gasteiger partial charge in [-0.25, -0.2) is 4.98 Å². The molecule has 7 heteroatoms. The maximum atomic E-state index is 12.0. The van der Waals surface area contributed by atoms with Crippen molar-refractivity contribution in [3.8, 4) is 5.69 Å². The van der Waals surface area contributed by atoms with Crippen molar-refractivity contribution in [2.75, 3.05) is 11.1 Å². The molecule has 0 aliphatic carbocycles. The smallest absolute Gasteiger partial charge is 0.236 e. The lowest BCUT2D eigenvalue weighted by atomic mass is 10.1. The van der Waals surface area contributed by atoms with E-state index in [0.717, 1.165) is 10.8 Å². The van der Waals surface area contributed by atoms with Crippen molar-refractivity contribution in [1.82, 2.24) is 19.3 Å². The average molecular weight is 341 g/mol. The standard InChI is InChI=1S/C17H19N5OS/c1-12-4-5-14(10-13(12)2)22-9-7-18-17(22)24-11-16(23)19-15-6-8-21(3)20-15/h4-10H,11H2,1-3H3,(H,19,20,23). The van der Waals surface area contributed by atoms with Crippen LogP contribution in [0.5, 0.6) is 0 Å². The third-order valence-corrected chi connectivity index (χ3v) is 4.66. The second-order valence-corrected chi connectivity index (χ2v) is 6.50. The Morgan fingerprint density at radius 2 is 2.04 bits per heavy atom. The number of nitrogens with zero attached hydrogens (tertiary/aromatic N) is 4. The maximum absolute atomic E-state index is 12.0. The number of aryl methyl sites for hydroxylation is 3. The summed E-state index contributed by atoms with van der Waals surface area (Å²) < 4.78 is 3.64. The molecule has 0 saturated carbocycles. The van der Waals surface area contributed by atoms with Crippen LogP contribution in [0, 0.1) is 13.8 Å². The van der Waals surface area contributed by atoms with Crippen molar-refractivity contribution in [2.45, 2.75) is 19.0 Å². The number of thioether (sulfide) groups is 1. The Balaban J connectivity index is 1.67. The van der Waals surface area contributed by atoms with Crippen molar-refractivity contribution in [1.29, 1.82) is 0 Å². The number of benzene rings is 1. The molecule has 24 heavy (non-hydrogen) atoms. The molecule has 0 radical (unpaired) electrons. The molecule has 0 aliphatic heterocycles. The average Bonchev–Trinajstić information content (AvgIpc) is 3.17. The first-order valence-electron chi connectivity index (χ1n) is 7.56. The van der Waals surface area contributed by atoms with Crippen LogP contribution in [-0.4, -0.2) is 31.0 Å². The zero-order valence-electron chi connectivity index (χ0n) is 13.9. The van der Waals surface area contributed by atoms with Gasteiger partial charge < -0.3 is 5.32 Å². The number of amides is 1. The van der Waals surface area contributed by atoms with E-state index in [2.05, 4.69) is 47.4 Å². The van der Waals surface area contributed by atoms with Gasteiger partial charge in [0, 0.05) is 37.4 Å². The number of hydrogen-bond acceptors (Lipinski definition) is 4. The molecule has 6 nitrogen and oxygen atoms in total. The first kappa shape index (κ1) is 16.3. The Morgan fingerprint density at radius 1 is 1.21 bits per heavy atom. The lowest BCUT2D eigenvalue weighted by Gasteiger charge is -2.09. The molecule has 1 amide bonds. The van der Waals surface area contributed by atoms with Gasteiger partial charge in [0.1, 0.15) is 0 Å². The van der Waals surface area contributed by atoms with Crippen molar-refractivity contribution in [2.24, 2.45) is 7.05 Å². The molecular formula is C17H19N5OS. The summed E-state index contributed by atoms with van der Waals surface area (Å²) in [5.74, 6) is 0.729. The topological polar surface area (TPSA) is 64.7 Å². The second-order valence-electron chi connectivity index (χ2n) is 5.56. The molecule has 1 aromatic carbocycles. The Morgan fingerprint density at radius 3 is 2.75 bits per heavy atom. The van der Waals surface area contributed by atoms with E-state index in [1.54, 1.807) is 23.1 Å². The van der Waals surface area contributed by atoms with Crippen molar-refractivity contribution < 1.29 is 4.79 Å². The van der Waals surface area contributed by atoms with Crippen LogP contribution >= 0.6 is 11.8 Å². The SMILES string of the molecule is Cc1ccc(-n2ccnc2SCC(=O)Nc2ccn(C)n2)cc1C. The molecule has 2 aromatic heterocycles. The zero-order valence-corrected chi connectivity index (χ0v) is 14.7. The Hall–Kier alpha value is -2.54. The summed E-state index contributed by atoms with van der Waals surface area (Å²) >= 11 is 1.40. The predicted molar refractivity (Wildman–Crippen MR) is 95.6 cm³/mol. The predicted octanol–water partition coefficient (Wildman–Crippen LogP) is 2.95. The van der Waals surface area contributed by atoms with Gasteiger partial charge in [0.25, 0.3) is 0 Å². The normalized spacial score (nSPS) is 10.8. The summed E-state index contributed by atoms with van der Waals surface area (Å²) in [6, 6.07) is 8.03. The number of hydrogen-bond donors (Lipinski definition) is 1. The van der Waals surface area contributed by atoms with Crippen molar-refractivity contribution >= 4 is 23.5 Å². The third-order valence-electron chi connectivity index (χ3n) is 3.69. The van der Waals surface area contributed by atoms with Crippen LogP contribution in [0.1, 0.15) is 11.1 Å². The molecule has 0 aliphatic rings. The minimum absolute atomic E-state index is 0.103. The van der Waals surface area contributed by atoms with E-state index >= 15 is 0 Å². The molecule has 0 atom stereocenters. The van der Waals surface area contributed by atoms with E-state index in [4.69, 9.17) is 0 Å². The highest BCUT2D eigenvalue weighted by Gasteiger charge is 2.10. The van der Waals surface area contributed by atoms with Crippen molar-refractivity contribution in [3.05, 3.63) is 54.0 Å². The highest BCUT2D eigenvalue weighted by atomic mass is 32.2. The van der Waals surface area contributed by atoms with E-state index < -0.39 is 0 Å². The zero-order chi connectivity index (χ0) is 17.1. The van der Waals surface area contributed by atoms with Gasteiger partial charge in [0.2, 0.25) is 5.91 Å². The summed E-state index contributed by atoms with van der Waals surface area (Å²) in [6.45, 7) is 4.17. The summed E-state index contributed by atoms with van der Waals surface area (Å²) in [5, 5.41) is 7.69. The van der Waals surface area contributed by atoms with Crippen LogP contribution in [0.4, 0.5) is 5.82 Å². The molecule has 3 rings (SSSR count). The highest BCUT2D eigenvalue weighted by Crippen LogP contribution is 2.22. The quantitative estimate of drug-likeness (QED) is 0.725. The van der Waals surface area contributed by atoms with E-state index in [0.29, 0.717) is 5.82 Å². The van der Waals surface area contributed by atoms with Crippen LogP contribution < -0.4 is 5.32 Å². The fourth-order valence-corrected chi connectivity index (χ4v) is 3.03. The van der Waals surface area contributed by atoms with Crippen LogP contribution in [0.2, 0.25) is 0 Å². The first-order valence-corrected chi connectivity index (χ1v) is 8.55. The van der Waals surface area contributed by atoms with Crippen LogP contribution in [0.15, 0.2) is 48.0 Å². The fraction of sp³-hybridized carbons (Fsp3) is 0.235. The van der Waals surface area contributed by atoms with Gasteiger partial charge in [-0.2, -0.15) is 5.10 Å². The molecule has 0 unspecified atom stereocenters. The molecule has 2 heterocycles. The van der Waals surface area contributed by atoms with Gasteiger partial charge >= 0.3 is 0 Å². The first-order chi connectivity index (χ1) is 11.5. The Kier molecular flexibility index (Phi) is 4.71. The molecule has 0 bridgehead atoms. The minimum atomic E-state index is -0.103. The van der Waals surface area contributed by atoms with Gasteiger partial charge in [0.05, 0.1) is 5.75 Å². The highest BCUT2D eigenvalue weighted by molar-refractivity contribution is 7.99. The minimum Gasteiger partial charge on any atom is -0.308 e. The number of nitrogens with one attached hydrogen (secondary N) is 1. The fourth-order valence-electron chi connectivity index (χ4n) is 2.26. The monoisotopic (exact) mass is 341 g/mol. The molecule has 0 fully saturated rings. The van der Waals surface area contributed by atoms with Gasteiger partial charge in [0.15, 0.2) is 11.0 Å². The van der Waals surface area contributed by atoms with E-state index in [9.17, 15) is 4.79 Å². The largest absolute Gasteiger partial charge is 0.308 e. The molecule has 0 spiro atoms. The molecule has 1 N–H and O–H groups in total. The van der Waals surface area contributed by atoms with E-state index in [1.165, 1.54) is 22.9 Å². The maximum Gasteiger partial charge on any atom is 0.236 e. The number of rotatable bonds is 5. The molecule has 124 valence electrons. The number of aromatic nitrogens is 4. The summed E-state index contributed by atoms with van der Waals surface area (Å²) in [5.41, 5.74) is 3.52. The van der Waals surface area contributed by atoms with Crippen LogP contribution in [0.3, 0.4) is 0 Å². The summed E-state index contributed by atoms with van der Waals surface area (Å²) in [7, 11) is 1.81. The third kappa shape index (κ3) is 3.68. The Labute approximate surface area is 144 Å². The van der Waals surface area contributed by atoms with Gasteiger partial charge in [-0.3, -0.25) is 14.0 Å². The van der Waals surface area contributed by atoms with Gasteiger partial charge in [-0.05, 0) is 37.1 Å². The van der Waals surface area contributed by atoms with Crippen molar-refractivity contribution in [3.63, 3.8) is 0 Å². The second kappa shape index (κ2) is 6.92. The van der Waals surface area contributed by atoms with Gasteiger partial charge in [-0.15, -0.1) is 0 Å². The molecule has 3 aromatic rings. The molecule has 0 saturated heterocycles. The number of carbonyl (C=O) groups excluding carboxylic acids is 1. The van der Waals surface area contributed by atoms with E-state index in [1.807, 2.05) is 17.8 Å². The number of carbonyl (C=O) groups is 1. The summed E-state index contributed by atoms with van der Waals surface area (Å²) in [4.78, 5) is 16.4. The number of anilines is 1. The van der Waals surface area contributed by atoms with E-state index in [-0.39, 0.29) is 11.7 Å². The lowest BCUT2D eigenvalue weighted by molar-refractivity contribution is -0.113. The molecular weight excluding hydrogens is 322 g/mol. The number of imidazole rings is 1. The summed E-state index contributed by atoms with van der Waals surface area (Å²) in [6.07, 6.45) is 5.44. The van der Waals surface area contributed by atoms with Crippen LogP contribution in [0.25, 0.3) is 5.69 Å². The lowest BCUT2D eigenvalue weighted by Crippen LogP contribution is -2.15.